The molecular formula is C22H38N3O3S2+. The molecule has 6 nitrogen and oxygen atoms in total. The van der Waals surface area contributed by atoms with Crippen molar-refractivity contribution in [2.75, 3.05) is 32.5 Å². The van der Waals surface area contributed by atoms with Gasteiger partial charge in [0.05, 0.1) is 31.9 Å². The molecule has 2 rings (SSSR count). The molecule has 2 unspecified atom stereocenters. The highest BCUT2D eigenvalue weighted by atomic mass is 32.2. The van der Waals surface area contributed by atoms with Gasteiger partial charge >= 0.3 is 5.30 Å². The highest BCUT2D eigenvalue weighted by Crippen LogP contribution is 2.33. The van der Waals surface area contributed by atoms with E-state index in [0.717, 1.165) is 62.2 Å². The van der Waals surface area contributed by atoms with Gasteiger partial charge in [0, 0.05) is 24.2 Å². The van der Waals surface area contributed by atoms with Gasteiger partial charge in [-0.1, -0.05) is 52.5 Å². The molecule has 0 fully saturated rings. The second-order valence-electron chi connectivity index (χ2n) is 8.10. The van der Waals surface area contributed by atoms with Crippen LogP contribution in [0.4, 0.5) is 4.79 Å². The molecule has 1 aliphatic rings. The lowest BCUT2D eigenvalue weighted by atomic mass is 10.0. The summed E-state index contributed by atoms with van der Waals surface area (Å²) in [5, 5.41) is -0.166. The van der Waals surface area contributed by atoms with Crippen LogP contribution >= 0.6 is 23.5 Å². The molecule has 0 aliphatic carbocycles. The van der Waals surface area contributed by atoms with Crippen molar-refractivity contribution in [3.05, 3.63) is 11.8 Å². The van der Waals surface area contributed by atoms with Crippen LogP contribution in [0.3, 0.4) is 0 Å². The molecule has 2 atom stereocenters. The van der Waals surface area contributed by atoms with E-state index in [-0.39, 0.29) is 11.5 Å². The molecule has 170 valence electrons. The number of quaternary nitrogens is 1. The first-order chi connectivity index (χ1) is 14.5. The van der Waals surface area contributed by atoms with Gasteiger partial charge in [-0.2, -0.15) is 4.37 Å². The van der Waals surface area contributed by atoms with Gasteiger partial charge in [-0.25, -0.2) is 4.79 Å². The summed E-state index contributed by atoms with van der Waals surface area (Å²) in [5.74, 6) is 1.39. The number of unbranched alkanes of at least 4 members (excludes halogenated alkanes) is 4. The van der Waals surface area contributed by atoms with Gasteiger partial charge in [0.2, 0.25) is 6.23 Å². The van der Waals surface area contributed by atoms with Crippen LogP contribution in [0, 0.1) is 0 Å². The van der Waals surface area contributed by atoms with E-state index in [1.54, 1.807) is 0 Å². The van der Waals surface area contributed by atoms with Crippen molar-refractivity contribution in [2.45, 2.75) is 78.4 Å². The predicted molar refractivity (Wildman–Crippen MR) is 126 cm³/mol. The van der Waals surface area contributed by atoms with Crippen LogP contribution in [0.15, 0.2) is 6.08 Å². The van der Waals surface area contributed by atoms with Crippen LogP contribution in [0.25, 0.3) is 5.57 Å². The van der Waals surface area contributed by atoms with E-state index in [4.69, 9.17) is 9.47 Å². The lowest BCUT2D eigenvalue weighted by Gasteiger charge is -2.42. The monoisotopic (exact) mass is 456 g/mol. The molecule has 0 saturated carbocycles. The zero-order valence-corrected chi connectivity index (χ0v) is 20.7. The van der Waals surface area contributed by atoms with Crippen LogP contribution < -0.4 is 4.74 Å². The van der Waals surface area contributed by atoms with Crippen molar-refractivity contribution in [1.82, 2.24) is 8.75 Å². The van der Waals surface area contributed by atoms with E-state index >= 15 is 0 Å². The Morgan fingerprint density at radius 3 is 2.73 bits per heavy atom. The van der Waals surface area contributed by atoms with Gasteiger partial charge in [-0.15, -0.1) is 4.37 Å². The normalized spacial score (nSPS) is 19.9. The minimum absolute atomic E-state index is 0.134. The average molecular weight is 457 g/mol. The Labute approximate surface area is 190 Å². The highest BCUT2D eigenvalue weighted by Gasteiger charge is 2.39. The predicted octanol–water partition coefficient (Wildman–Crippen LogP) is 6.14. The maximum atomic E-state index is 12.2. The summed E-state index contributed by atoms with van der Waals surface area (Å²) in [6.07, 6.45) is 10.7. The Morgan fingerprint density at radius 2 is 2.00 bits per heavy atom. The first-order valence-electron chi connectivity index (χ1n) is 11.4. The highest BCUT2D eigenvalue weighted by molar-refractivity contribution is 8.13. The Morgan fingerprint density at radius 1 is 1.20 bits per heavy atom. The number of ether oxygens (including phenoxy) is 2. The van der Waals surface area contributed by atoms with Crippen molar-refractivity contribution in [2.24, 2.45) is 0 Å². The summed E-state index contributed by atoms with van der Waals surface area (Å²) in [5.41, 5.74) is 2.02. The average Bonchev–Trinajstić information content (AvgIpc) is 3.19. The van der Waals surface area contributed by atoms with Crippen molar-refractivity contribution in [3.8, 4) is 5.88 Å². The molecular weight excluding hydrogens is 418 g/mol. The zero-order valence-electron chi connectivity index (χ0n) is 19.0. The minimum atomic E-state index is -0.166. The largest absolute Gasteiger partial charge is 0.475 e. The fraction of sp³-hybridized carbons (Fsp3) is 0.773. The zero-order chi connectivity index (χ0) is 21.8. The quantitative estimate of drug-likeness (QED) is 0.202. The molecule has 0 spiro atoms. The number of carbonyl (C=O) groups excluding carboxylic acids is 1. The Bertz CT molecular complexity index is 680. The summed E-state index contributed by atoms with van der Waals surface area (Å²) in [6, 6.07) is 0. The topological polar surface area (TPSA) is 61.3 Å². The van der Waals surface area contributed by atoms with Gasteiger partial charge in [0.15, 0.2) is 0 Å². The minimum Gasteiger partial charge on any atom is -0.475 e. The van der Waals surface area contributed by atoms with Crippen LogP contribution in [0.1, 0.15) is 77.8 Å². The molecule has 0 saturated heterocycles. The molecule has 0 bridgehead atoms. The van der Waals surface area contributed by atoms with E-state index in [2.05, 4.69) is 35.7 Å². The summed E-state index contributed by atoms with van der Waals surface area (Å²) in [7, 11) is 2.20. The van der Waals surface area contributed by atoms with Crippen LogP contribution in [-0.4, -0.2) is 57.3 Å². The molecule has 1 aromatic rings. The van der Waals surface area contributed by atoms with Gasteiger partial charge in [0.25, 0.3) is 5.88 Å². The smallest absolute Gasteiger partial charge is 0.371 e. The fourth-order valence-electron chi connectivity index (χ4n) is 3.79. The van der Waals surface area contributed by atoms with Crippen LogP contribution in [0.5, 0.6) is 5.88 Å². The molecule has 0 radical (unpaired) electrons. The van der Waals surface area contributed by atoms with E-state index in [9.17, 15) is 4.79 Å². The molecule has 1 aromatic heterocycles. The van der Waals surface area contributed by atoms with Crippen molar-refractivity contribution >= 4 is 34.4 Å². The first-order valence-corrected chi connectivity index (χ1v) is 13.1. The maximum Gasteiger partial charge on any atom is 0.371 e. The number of carbonyl (C=O) groups is 1. The van der Waals surface area contributed by atoms with Crippen LogP contribution in [-0.2, 0) is 4.74 Å². The van der Waals surface area contributed by atoms with E-state index in [1.165, 1.54) is 42.8 Å². The third-order valence-corrected chi connectivity index (χ3v) is 6.69. The summed E-state index contributed by atoms with van der Waals surface area (Å²) in [6.45, 7) is 8.77. The van der Waals surface area contributed by atoms with E-state index < -0.39 is 0 Å². The summed E-state index contributed by atoms with van der Waals surface area (Å²) < 4.78 is 21.5. The van der Waals surface area contributed by atoms with Crippen molar-refractivity contribution in [1.29, 1.82) is 0 Å². The number of hydrogen-bond donors (Lipinski definition) is 0. The molecule has 0 amide bonds. The molecule has 1 aliphatic heterocycles. The Balaban J connectivity index is 2.07. The number of rotatable bonds is 13. The van der Waals surface area contributed by atoms with Gasteiger partial charge in [0.1, 0.15) is 12.2 Å². The van der Waals surface area contributed by atoms with Gasteiger partial charge in [-0.05, 0) is 24.6 Å². The maximum absolute atomic E-state index is 12.2. The third-order valence-electron chi connectivity index (χ3n) is 5.56. The number of hydrogen-bond acceptors (Lipinski definition) is 7. The first kappa shape index (κ1) is 25.1. The molecule has 0 N–H and O–H groups in total. The number of likely N-dealkylation sites (N-methyl/N-ethyl adjacent to an activating group) is 1. The molecule has 2 heterocycles. The fourth-order valence-corrected chi connectivity index (χ4v) is 4.74. The second-order valence-corrected chi connectivity index (χ2v) is 9.83. The molecule has 8 heteroatoms. The van der Waals surface area contributed by atoms with E-state index in [0.29, 0.717) is 17.0 Å². The summed E-state index contributed by atoms with van der Waals surface area (Å²) >= 11 is 2.45. The number of aromatic nitrogens is 2. The number of nitrogens with zero attached hydrogens (tertiary/aromatic N) is 3. The van der Waals surface area contributed by atoms with E-state index in [1.807, 2.05) is 6.92 Å². The standard InChI is InChI=1S/C22H38N3O3S2/c1-5-8-10-11-16-27-21-20(23-30-24-21)18-13-12-15-25(4,17-18)19(14-9-6-2)28-22(26)29-7-3/h13,19H,5-12,14-17H2,1-4H3/q+1. The summed E-state index contributed by atoms with van der Waals surface area (Å²) in [4.78, 5) is 12.2. The second kappa shape index (κ2) is 13.3. The molecule has 30 heavy (non-hydrogen) atoms. The van der Waals surface area contributed by atoms with Crippen molar-refractivity contribution in [3.63, 3.8) is 0 Å². The Hall–Kier alpha value is -1.12. The SMILES string of the molecule is CCCCCCOc1nsnc1C1=CCC[N+](C)(C(CCCC)OC(=O)SCC)C1. The number of thioether (sulfide) groups is 1. The van der Waals surface area contributed by atoms with Crippen LogP contribution in [0.2, 0.25) is 0 Å². The Kier molecular flexibility index (Phi) is 11.2. The van der Waals surface area contributed by atoms with Gasteiger partial charge in [-0.3, -0.25) is 4.48 Å². The lowest BCUT2D eigenvalue weighted by Crippen LogP contribution is -2.56. The third kappa shape index (κ3) is 7.54. The van der Waals surface area contributed by atoms with Crippen molar-refractivity contribution < 1.29 is 18.8 Å². The van der Waals surface area contributed by atoms with Gasteiger partial charge < -0.3 is 9.47 Å². The lowest BCUT2D eigenvalue weighted by molar-refractivity contribution is -0.946. The molecule has 0 aromatic carbocycles.